The van der Waals surface area contributed by atoms with Gasteiger partial charge in [-0.05, 0) is 42.9 Å². The molecule has 3 fully saturated rings. The number of aromatic nitrogens is 2. The number of morpholine rings is 1. The maximum absolute atomic E-state index is 13.9. The van der Waals surface area contributed by atoms with Gasteiger partial charge in [-0.3, -0.25) is 14.2 Å². The molecule has 0 saturated carbocycles. The summed E-state index contributed by atoms with van der Waals surface area (Å²) in [6.45, 7) is 11.5. The molecule has 6 rings (SSSR count). The summed E-state index contributed by atoms with van der Waals surface area (Å²) in [7, 11) is 0. The van der Waals surface area contributed by atoms with Crippen LogP contribution >= 0.6 is 11.8 Å². The van der Waals surface area contributed by atoms with Gasteiger partial charge in [-0.1, -0.05) is 51.1 Å². The molecule has 43 heavy (non-hydrogen) atoms. The van der Waals surface area contributed by atoms with Crippen LogP contribution in [0.4, 0.5) is 5.69 Å². The molecule has 4 heterocycles. The van der Waals surface area contributed by atoms with Crippen LogP contribution in [0.3, 0.4) is 0 Å². The molecular weight excluding hydrogens is 562 g/mol. The first-order chi connectivity index (χ1) is 20.7. The fraction of sp³-hybridized carbons (Fsp3) is 0.545. The van der Waals surface area contributed by atoms with E-state index in [0.717, 1.165) is 41.8 Å². The first-order valence-electron chi connectivity index (χ1n) is 15.5. The molecule has 0 aliphatic carbocycles. The molecule has 230 valence electrons. The standard InChI is InChI=1S/C33H43N5O4S/c1-33(2,3)14-17-37-30(40)28(43-31(37)24-8-4-6-10-26(24)35-18-20-42-21-19-35)22-29(39)36-15-12-23(13-16-36)38-27-11-7-5-9-25(27)34-32(38)41/h4-11,23,28,31H,12-22H2,1-3H3,(H,34,41). The first kappa shape index (κ1) is 29.8. The lowest BCUT2D eigenvalue weighted by molar-refractivity contribution is -0.136. The molecule has 0 bridgehead atoms. The number of ether oxygens (including phenoxy) is 1. The highest BCUT2D eigenvalue weighted by Crippen LogP contribution is 2.48. The highest BCUT2D eigenvalue weighted by molar-refractivity contribution is 8.01. The predicted octanol–water partition coefficient (Wildman–Crippen LogP) is 4.80. The summed E-state index contributed by atoms with van der Waals surface area (Å²) in [4.78, 5) is 49.5. The van der Waals surface area contributed by atoms with Crippen LogP contribution in [0.5, 0.6) is 0 Å². The number of amides is 2. The molecule has 3 aliphatic rings. The molecule has 3 aliphatic heterocycles. The van der Waals surface area contributed by atoms with Gasteiger partial charge in [-0.25, -0.2) is 4.79 Å². The minimum atomic E-state index is -0.413. The van der Waals surface area contributed by atoms with Gasteiger partial charge in [0.1, 0.15) is 5.37 Å². The van der Waals surface area contributed by atoms with Crippen LogP contribution in [-0.2, 0) is 14.3 Å². The van der Waals surface area contributed by atoms with Crippen LogP contribution in [0.1, 0.15) is 63.4 Å². The fourth-order valence-electron chi connectivity index (χ4n) is 6.53. The van der Waals surface area contributed by atoms with Crippen molar-refractivity contribution in [2.24, 2.45) is 5.41 Å². The van der Waals surface area contributed by atoms with Crippen molar-refractivity contribution < 1.29 is 14.3 Å². The van der Waals surface area contributed by atoms with Gasteiger partial charge in [0.25, 0.3) is 0 Å². The van der Waals surface area contributed by atoms with E-state index in [0.29, 0.717) is 45.7 Å². The average Bonchev–Trinajstić information content (AvgIpc) is 3.51. The number of hydrogen-bond acceptors (Lipinski definition) is 6. The second-order valence-corrected chi connectivity index (χ2v) is 14.4. The molecule has 0 spiro atoms. The van der Waals surface area contributed by atoms with Gasteiger partial charge in [-0.2, -0.15) is 0 Å². The Hall–Kier alpha value is -3.24. The Labute approximate surface area is 257 Å². The third-order valence-corrected chi connectivity index (χ3v) is 10.4. The van der Waals surface area contributed by atoms with Crippen molar-refractivity contribution in [2.45, 2.75) is 63.1 Å². The molecule has 2 unspecified atom stereocenters. The summed E-state index contributed by atoms with van der Waals surface area (Å²) in [5, 5.41) is -0.546. The van der Waals surface area contributed by atoms with E-state index in [1.54, 1.807) is 11.8 Å². The van der Waals surface area contributed by atoms with Gasteiger partial charge in [0, 0.05) is 56.4 Å². The van der Waals surface area contributed by atoms with Crippen LogP contribution in [-0.4, -0.2) is 82.4 Å². The molecular formula is C33H43N5O4S. The molecule has 3 saturated heterocycles. The third-order valence-electron chi connectivity index (χ3n) is 8.96. The van der Waals surface area contributed by atoms with Crippen LogP contribution in [0.15, 0.2) is 53.3 Å². The number of piperidine rings is 1. The van der Waals surface area contributed by atoms with Crippen molar-refractivity contribution in [3.63, 3.8) is 0 Å². The van der Waals surface area contributed by atoms with E-state index in [-0.39, 0.29) is 40.8 Å². The zero-order valence-electron chi connectivity index (χ0n) is 25.5. The number of thioether (sulfide) groups is 1. The number of likely N-dealkylation sites (tertiary alicyclic amines) is 1. The number of H-pyrrole nitrogens is 1. The number of aromatic amines is 1. The number of hydrogen-bond donors (Lipinski definition) is 1. The Bertz CT molecular complexity index is 1510. The van der Waals surface area contributed by atoms with Crippen LogP contribution in [0, 0.1) is 5.41 Å². The summed E-state index contributed by atoms with van der Waals surface area (Å²) < 4.78 is 7.44. The zero-order valence-corrected chi connectivity index (χ0v) is 26.3. The smallest absolute Gasteiger partial charge is 0.326 e. The quantitative estimate of drug-likeness (QED) is 0.416. The largest absolute Gasteiger partial charge is 0.378 e. The number of anilines is 1. The molecule has 1 N–H and O–H groups in total. The Kier molecular flexibility index (Phi) is 8.60. The number of rotatable bonds is 7. The first-order valence-corrected chi connectivity index (χ1v) is 16.5. The van der Waals surface area contributed by atoms with E-state index in [1.807, 2.05) is 44.7 Å². The second-order valence-electron chi connectivity index (χ2n) is 13.1. The lowest BCUT2D eigenvalue weighted by Crippen LogP contribution is -2.42. The van der Waals surface area contributed by atoms with E-state index in [4.69, 9.17) is 4.74 Å². The summed E-state index contributed by atoms with van der Waals surface area (Å²) in [5.41, 5.74) is 4.02. The number of fused-ring (bicyclic) bond motifs is 1. The van der Waals surface area contributed by atoms with E-state index < -0.39 is 5.25 Å². The van der Waals surface area contributed by atoms with Gasteiger partial charge in [0.15, 0.2) is 0 Å². The van der Waals surface area contributed by atoms with Crippen LogP contribution < -0.4 is 10.6 Å². The van der Waals surface area contributed by atoms with E-state index >= 15 is 0 Å². The van der Waals surface area contributed by atoms with Gasteiger partial charge >= 0.3 is 5.69 Å². The lowest BCUT2D eigenvalue weighted by atomic mass is 9.92. The van der Waals surface area contributed by atoms with Gasteiger partial charge < -0.3 is 24.4 Å². The zero-order chi connectivity index (χ0) is 30.1. The SMILES string of the molecule is CC(C)(C)CCN1C(=O)C(CC(=O)N2CCC(n3c(=O)[nH]c4ccccc43)CC2)SC1c1ccccc1N1CCOCC1. The molecule has 2 atom stereocenters. The summed E-state index contributed by atoms with van der Waals surface area (Å²) in [6, 6.07) is 16.2. The molecule has 10 heteroatoms. The maximum atomic E-state index is 13.9. The van der Waals surface area contributed by atoms with Crippen LogP contribution in [0.2, 0.25) is 0 Å². The maximum Gasteiger partial charge on any atom is 0.326 e. The Morgan fingerprint density at radius 3 is 2.42 bits per heavy atom. The number of carbonyl (C=O) groups excluding carboxylic acids is 2. The fourth-order valence-corrected chi connectivity index (χ4v) is 8.04. The monoisotopic (exact) mass is 605 g/mol. The number of benzene rings is 2. The molecule has 2 amide bonds. The third kappa shape index (κ3) is 6.36. The van der Waals surface area contributed by atoms with Gasteiger partial charge in [0.2, 0.25) is 11.8 Å². The number of para-hydroxylation sites is 3. The lowest BCUT2D eigenvalue weighted by Gasteiger charge is -2.34. The normalized spacial score (nSPS) is 22.1. The highest BCUT2D eigenvalue weighted by Gasteiger charge is 2.44. The van der Waals surface area contributed by atoms with E-state index in [9.17, 15) is 14.4 Å². The van der Waals surface area contributed by atoms with E-state index in [2.05, 4.69) is 48.9 Å². The predicted molar refractivity (Wildman–Crippen MR) is 171 cm³/mol. The Balaban J connectivity index is 1.16. The van der Waals surface area contributed by atoms with Crippen molar-refractivity contribution in [2.75, 3.05) is 50.8 Å². The van der Waals surface area contributed by atoms with Crippen molar-refractivity contribution in [3.8, 4) is 0 Å². The Morgan fingerprint density at radius 1 is 0.977 bits per heavy atom. The average molecular weight is 606 g/mol. The minimum Gasteiger partial charge on any atom is -0.378 e. The van der Waals surface area contributed by atoms with Gasteiger partial charge in [0.05, 0.1) is 29.5 Å². The van der Waals surface area contributed by atoms with Gasteiger partial charge in [-0.15, -0.1) is 11.8 Å². The number of nitrogens with one attached hydrogen (secondary N) is 1. The van der Waals surface area contributed by atoms with Crippen molar-refractivity contribution in [1.29, 1.82) is 0 Å². The number of imidazole rings is 1. The van der Waals surface area contributed by atoms with Crippen molar-refractivity contribution in [3.05, 3.63) is 64.6 Å². The summed E-state index contributed by atoms with van der Waals surface area (Å²) in [5.74, 6) is 0.0815. The van der Waals surface area contributed by atoms with Crippen molar-refractivity contribution >= 4 is 40.3 Å². The highest BCUT2D eigenvalue weighted by atomic mass is 32.2. The Morgan fingerprint density at radius 2 is 1.67 bits per heavy atom. The number of nitrogens with zero attached hydrogens (tertiary/aromatic N) is 4. The van der Waals surface area contributed by atoms with E-state index in [1.165, 1.54) is 0 Å². The second kappa shape index (κ2) is 12.4. The molecule has 2 aromatic carbocycles. The topological polar surface area (TPSA) is 90.9 Å². The summed E-state index contributed by atoms with van der Waals surface area (Å²) in [6.07, 6.45) is 2.51. The molecule has 0 radical (unpaired) electrons. The van der Waals surface area contributed by atoms with Crippen molar-refractivity contribution in [1.82, 2.24) is 19.4 Å². The molecule has 9 nitrogen and oxygen atoms in total. The summed E-state index contributed by atoms with van der Waals surface area (Å²) >= 11 is 1.62. The molecule has 1 aromatic heterocycles. The minimum absolute atomic E-state index is 0.0217. The number of carbonyl (C=O) groups is 2. The van der Waals surface area contributed by atoms with Crippen LogP contribution in [0.25, 0.3) is 11.0 Å². The molecule has 3 aromatic rings.